The van der Waals surface area contributed by atoms with Crippen molar-refractivity contribution in [2.75, 3.05) is 0 Å². The van der Waals surface area contributed by atoms with Crippen molar-refractivity contribution in [1.82, 2.24) is 0 Å². The third-order valence-electron chi connectivity index (χ3n) is 3.96. The van der Waals surface area contributed by atoms with E-state index in [0.29, 0.717) is 11.0 Å². The Bertz CT molecular complexity index is 255. The van der Waals surface area contributed by atoms with E-state index in [-0.39, 0.29) is 10.9 Å². The number of ketones is 1. The Kier molecular flexibility index (Phi) is 4.51. The number of carbonyl (C=O) groups is 1. The van der Waals surface area contributed by atoms with E-state index in [2.05, 4.69) is 12.0 Å². The van der Waals surface area contributed by atoms with Crippen LogP contribution in [0.1, 0.15) is 57.8 Å². The summed E-state index contributed by atoms with van der Waals surface area (Å²) in [5.41, 5.74) is 0. The number of Topliss-reactive ketones (excluding diaryl/α,β-unsaturated/α-hetero) is 1. The van der Waals surface area contributed by atoms with Crippen molar-refractivity contribution >= 4 is 16.7 Å². The molecule has 0 spiro atoms. The lowest BCUT2D eigenvalue weighted by atomic mass is 9.99. The largest absolute Gasteiger partial charge is 0.294 e. The van der Waals surface area contributed by atoms with Crippen LogP contribution < -0.4 is 0 Å². The minimum atomic E-state index is 0.180. The van der Waals surface area contributed by atoms with Crippen LogP contribution in [-0.4, -0.2) is 16.3 Å². The third kappa shape index (κ3) is 2.71. The fourth-order valence-corrected chi connectivity index (χ4v) is 5.77. The van der Waals surface area contributed by atoms with Gasteiger partial charge in [0, 0.05) is 23.7 Å². The van der Waals surface area contributed by atoms with Crippen LogP contribution in [0.5, 0.6) is 0 Å². The Morgan fingerprint density at radius 3 is 2.38 bits per heavy atom. The van der Waals surface area contributed by atoms with Crippen LogP contribution in [0.25, 0.3) is 0 Å². The zero-order chi connectivity index (χ0) is 11.4. The van der Waals surface area contributed by atoms with Crippen LogP contribution in [0.4, 0.5) is 0 Å². The van der Waals surface area contributed by atoms with E-state index in [1.807, 2.05) is 0 Å². The second kappa shape index (κ2) is 5.90. The van der Waals surface area contributed by atoms with E-state index in [1.165, 1.54) is 38.5 Å². The normalized spacial score (nSPS) is 30.0. The van der Waals surface area contributed by atoms with Crippen LogP contribution in [0.15, 0.2) is 12.0 Å². The number of rotatable bonds is 3. The molecule has 0 bridgehead atoms. The molecule has 2 rings (SSSR count). The highest BCUT2D eigenvalue weighted by atomic mass is 32.2. The molecule has 2 aliphatic carbocycles. The van der Waals surface area contributed by atoms with E-state index in [1.54, 1.807) is 0 Å². The first kappa shape index (κ1) is 12.2. The van der Waals surface area contributed by atoms with Gasteiger partial charge in [-0.15, -0.1) is 0 Å². The zero-order valence-electron chi connectivity index (χ0n) is 10.1. The molecule has 2 heteroatoms. The fourth-order valence-electron chi connectivity index (χ4n) is 3.06. The SMILES string of the molecule is C=C[S+](C1CCCCC1)C1CCCCC1=O. The van der Waals surface area contributed by atoms with E-state index in [0.717, 1.165) is 24.5 Å². The molecule has 2 saturated carbocycles. The predicted molar refractivity (Wildman–Crippen MR) is 71.7 cm³/mol. The highest BCUT2D eigenvalue weighted by molar-refractivity contribution is 8.01. The van der Waals surface area contributed by atoms with Gasteiger partial charge in [0.2, 0.25) is 0 Å². The van der Waals surface area contributed by atoms with Gasteiger partial charge in [0.1, 0.15) is 10.7 Å². The summed E-state index contributed by atoms with van der Waals surface area (Å²) in [6.45, 7) is 4.01. The molecule has 0 N–H and O–H groups in total. The molecule has 0 aliphatic heterocycles. The van der Waals surface area contributed by atoms with E-state index >= 15 is 0 Å². The van der Waals surface area contributed by atoms with Gasteiger partial charge >= 0.3 is 0 Å². The van der Waals surface area contributed by atoms with Gasteiger partial charge in [0.15, 0.2) is 11.0 Å². The van der Waals surface area contributed by atoms with Crippen molar-refractivity contribution in [1.29, 1.82) is 0 Å². The molecule has 0 aromatic carbocycles. The summed E-state index contributed by atoms with van der Waals surface area (Å²) < 4.78 is 0. The average Bonchev–Trinajstić information content (AvgIpc) is 2.34. The van der Waals surface area contributed by atoms with Crippen molar-refractivity contribution in [2.24, 2.45) is 0 Å². The van der Waals surface area contributed by atoms with E-state index in [9.17, 15) is 4.79 Å². The van der Waals surface area contributed by atoms with Gasteiger partial charge in [-0.25, -0.2) is 0 Å². The highest BCUT2D eigenvalue weighted by Gasteiger charge is 2.41. The number of hydrogen-bond donors (Lipinski definition) is 0. The Balaban J connectivity index is 2.01. The molecule has 90 valence electrons. The van der Waals surface area contributed by atoms with Gasteiger partial charge in [-0.3, -0.25) is 4.79 Å². The predicted octanol–water partition coefficient (Wildman–Crippen LogP) is 3.59. The summed E-state index contributed by atoms with van der Waals surface area (Å²) in [5, 5.41) is 3.23. The molecule has 0 heterocycles. The Labute approximate surface area is 102 Å². The summed E-state index contributed by atoms with van der Waals surface area (Å²) in [6, 6.07) is 0. The maximum atomic E-state index is 12.0. The minimum absolute atomic E-state index is 0.180. The Morgan fingerprint density at radius 1 is 1.06 bits per heavy atom. The van der Waals surface area contributed by atoms with Gasteiger partial charge in [0.25, 0.3) is 0 Å². The summed E-state index contributed by atoms with van der Waals surface area (Å²) >= 11 is 0. The Morgan fingerprint density at radius 2 is 1.75 bits per heavy atom. The van der Waals surface area contributed by atoms with Crippen molar-refractivity contribution in [3.8, 4) is 0 Å². The zero-order valence-corrected chi connectivity index (χ0v) is 10.9. The molecular weight excluding hydrogens is 216 g/mol. The lowest BCUT2D eigenvalue weighted by Crippen LogP contribution is -2.39. The molecule has 1 nitrogen and oxygen atoms in total. The summed E-state index contributed by atoms with van der Waals surface area (Å²) in [4.78, 5) is 12.0. The smallest absolute Gasteiger partial charge is 0.185 e. The van der Waals surface area contributed by atoms with Gasteiger partial charge in [-0.05, 0) is 38.5 Å². The van der Waals surface area contributed by atoms with Crippen LogP contribution >= 0.6 is 0 Å². The second-order valence-corrected chi connectivity index (χ2v) is 7.42. The van der Waals surface area contributed by atoms with Crippen LogP contribution in [-0.2, 0) is 15.7 Å². The monoisotopic (exact) mass is 239 g/mol. The second-order valence-electron chi connectivity index (χ2n) is 5.04. The topological polar surface area (TPSA) is 17.1 Å². The quantitative estimate of drug-likeness (QED) is 0.688. The van der Waals surface area contributed by atoms with Gasteiger partial charge in [-0.2, -0.15) is 0 Å². The maximum Gasteiger partial charge on any atom is 0.185 e. The summed E-state index contributed by atoms with van der Waals surface area (Å²) in [6.07, 6.45) is 11.1. The summed E-state index contributed by atoms with van der Waals surface area (Å²) in [7, 11) is 0.180. The van der Waals surface area contributed by atoms with Gasteiger partial charge in [0.05, 0.1) is 0 Å². The van der Waals surface area contributed by atoms with Crippen molar-refractivity contribution in [3.05, 3.63) is 12.0 Å². The molecule has 2 fully saturated rings. The first-order valence-electron chi connectivity index (χ1n) is 6.69. The molecule has 0 amide bonds. The molecule has 0 saturated heterocycles. The molecule has 2 aliphatic rings. The fraction of sp³-hybridized carbons (Fsp3) is 0.786. The first-order valence-corrected chi connectivity index (χ1v) is 8.10. The van der Waals surface area contributed by atoms with E-state index in [4.69, 9.17) is 0 Å². The van der Waals surface area contributed by atoms with Crippen LogP contribution in [0.2, 0.25) is 0 Å². The lowest BCUT2D eigenvalue weighted by Gasteiger charge is -2.27. The van der Waals surface area contributed by atoms with Crippen LogP contribution in [0.3, 0.4) is 0 Å². The van der Waals surface area contributed by atoms with Crippen molar-refractivity contribution < 1.29 is 4.79 Å². The van der Waals surface area contributed by atoms with Gasteiger partial charge < -0.3 is 0 Å². The third-order valence-corrected chi connectivity index (χ3v) is 6.74. The minimum Gasteiger partial charge on any atom is -0.294 e. The van der Waals surface area contributed by atoms with Gasteiger partial charge in [-0.1, -0.05) is 13.0 Å². The molecule has 0 aromatic rings. The first-order chi connectivity index (χ1) is 7.83. The lowest BCUT2D eigenvalue weighted by molar-refractivity contribution is -0.119. The Hall–Kier alpha value is -0.240. The van der Waals surface area contributed by atoms with Crippen molar-refractivity contribution in [3.63, 3.8) is 0 Å². The maximum absolute atomic E-state index is 12.0. The molecule has 0 radical (unpaired) electrons. The standard InChI is InChI=1S/C14H23OS/c1-2-16(12-8-4-3-5-9-12)14-11-7-6-10-13(14)15/h2,12,14H,1,3-11H2/q+1. The summed E-state index contributed by atoms with van der Waals surface area (Å²) in [5.74, 6) is 0.528. The van der Waals surface area contributed by atoms with E-state index < -0.39 is 0 Å². The average molecular weight is 239 g/mol. The molecule has 2 atom stereocenters. The molecule has 2 unspecified atom stereocenters. The van der Waals surface area contributed by atoms with Crippen LogP contribution in [0, 0.1) is 0 Å². The highest BCUT2D eigenvalue weighted by Crippen LogP contribution is 2.33. The number of carbonyl (C=O) groups excluding carboxylic acids is 1. The molecule has 16 heavy (non-hydrogen) atoms. The number of hydrogen-bond acceptors (Lipinski definition) is 1. The molecule has 0 aromatic heterocycles. The van der Waals surface area contributed by atoms with Crippen molar-refractivity contribution in [2.45, 2.75) is 68.3 Å². The molecular formula is C14H23OS+.